The minimum atomic E-state index is 0.750. The molecular formula is C14H21BrS. The summed E-state index contributed by atoms with van der Waals surface area (Å²) in [4.78, 5) is 0.750. The summed E-state index contributed by atoms with van der Waals surface area (Å²) < 4.78 is 0. The molecule has 0 aliphatic heterocycles. The maximum atomic E-state index is 3.88. The molecular weight excluding hydrogens is 280 g/mol. The fraction of sp³-hybridized carbons (Fsp3) is 0.714. The summed E-state index contributed by atoms with van der Waals surface area (Å²) in [7, 11) is 0. The van der Waals surface area contributed by atoms with Gasteiger partial charge in [0.2, 0.25) is 0 Å². The first-order valence-corrected chi connectivity index (χ1v) is 8.30. The molecule has 0 aromatic carbocycles. The van der Waals surface area contributed by atoms with Gasteiger partial charge in [0.15, 0.2) is 0 Å². The number of halogens is 1. The van der Waals surface area contributed by atoms with E-state index in [1.165, 1.54) is 44.1 Å². The third-order valence-electron chi connectivity index (χ3n) is 3.77. The van der Waals surface area contributed by atoms with Crippen molar-refractivity contribution in [2.45, 2.75) is 50.3 Å². The van der Waals surface area contributed by atoms with Crippen molar-refractivity contribution >= 4 is 27.3 Å². The van der Waals surface area contributed by atoms with Gasteiger partial charge in [0.05, 0.1) is 0 Å². The minimum absolute atomic E-state index is 0.750. The Morgan fingerprint density at radius 2 is 2.31 bits per heavy atom. The monoisotopic (exact) mass is 300 g/mol. The summed E-state index contributed by atoms with van der Waals surface area (Å²) in [5.41, 5.74) is 1.54. The zero-order valence-electron chi connectivity index (χ0n) is 9.99. The molecule has 3 atom stereocenters. The molecule has 90 valence electrons. The highest BCUT2D eigenvalue weighted by molar-refractivity contribution is 9.09. The predicted molar refractivity (Wildman–Crippen MR) is 76.5 cm³/mol. The zero-order chi connectivity index (χ0) is 11.4. The van der Waals surface area contributed by atoms with E-state index >= 15 is 0 Å². The van der Waals surface area contributed by atoms with Gasteiger partial charge < -0.3 is 0 Å². The van der Waals surface area contributed by atoms with Crippen LogP contribution >= 0.6 is 27.3 Å². The molecule has 0 nitrogen and oxygen atoms in total. The van der Waals surface area contributed by atoms with Gasteiger partial charge in [-0.25, -0.2) is 0 Å². The summed E-state index contributed by atoms with van der Waals surface area (Å²) in [6.07, 6.45) is 8.30. The van der Waals surface area contributed by atoms with E-state index in [1.54, 1.807) is 0 Å². The number of hydrogen-bond acceptors (Lipinski definition) is 1. The molecule has 0 N–H and O–H groups in total. The second kappa shape index (κ2) is 6.20. The molecule has 1 aliphatic rings. The summed E-state index contributed by atoms with van der Waals surface area (Å²) in [5, 5.41) is 4.51. The Balaban J connectivity index is 1.91. The van der Waals surface area contributed by atoms with Gasteiger partial charge in [-0.05, 0) is 59.9 Å². The second-order valence-corrected chi connectivity index (χ2v) is 7.04. The summed E-state index contributed by atoms with van der Waals surface area (Å²) in [6.45, 7) is 2.31. The van der Waals surface area contributed by atoms with Crippen LogP contribution in [0.5, 0.6) is 0 Å². The first-order chi connectivity index (χ1) is 7.79. The van der Waals surface area contributed by atoms with E-state index in [1.807, 2.05) is 11.3 Å². The molecule has 2 rings (SSSR count). The van der Waals surface area contributed by atoms with E-state index in [0.29, 0.717) is 0 Å². The molecule has 1 heterocycles. The standard InChI is InChI=1S/C14H21BrS/c1-2-3-11-4-5-14(15)13(8-11)9-12-6-7-16-10-12/h6-7,10-11,13-14H,2-5,8-9H2,1H3. The Morgan fingerprint density at radius 1 is 1.44 bits per heavy atom. The quantitative estimate of drug-likeness (QED) is 0.665. The van der Waals surface area contributed by atoms with Crippen molar-refractivity contribution in [2.75, 3.05) is 0 Å². The highest BCUT2D eigenvalue weighted by Crippen LogP contribution is 2.37. The van der Waals surface area contributed by atoms with Crippen molar-refractivity contribution in [3.8, 4) is 0 Å². The highest BCUT2D eigenvalue weighted by Gasteiger charge is 2.28. The lowest BCUT2D eigenvalue weighted by Gasteiger charge is -2.33. The van der Waals surface area contributed by atoms with Crippen LogP contribution in [0.15, 0.2) is 16.8 Å². The molecule has 1 aliphatic carbocycles. The van der Waals surface area contributed by atoms with Gasteiger partial charge in [-0.3, -0.25) is 0 Å². The first-order valence-electron chi connectivity index (χ1n) is 6.44. The average Bonchev–Trinajstić information content (AvgIpc) is 2.76. The molecule has 0 saturated heterocycles. The van der Waals surface area contributed by atoms with Crippen LogP contribution in [0.1, 0.15) is 44.6 Å². The molecule has 16 heavy (non-hydrogen) atoms. The van der Waals surface area contributed by atoms with Crippen LogP contribution < -0.4 is 0 Å². The normalized spacial score (nSPS) is 30.5. The van der Waals surface area contributed by atoms with E-state index in [9.17, 15) is 0 Å². The molecule has 1 fully saturated rings. The molecule has 3 unspecified atom stereocenters. The molecule has 0 spiro atoms. The van der Waals surface area contributed by atoms with E-state index in [-0.39, 0.29) is 0 Å². The van der Waals surface area contributed by atoms with Gasteiger partial charge in [0, 0.05) is 4.83 Å². The van der Waals surface area contributed by atoms with Crippen LogP contribution in [0.4, 0.5) is 0 Å². The van der Waals surface area contributed by atoms with Gasteiger partial charge in [0.1, 0.15) is 0 Å². The van der Waals surface area contributed by atoms with Crippen molar-refractivity contribution in [1.82, 2.24) is 0 Å². The smallest absolute Gasteiger partial charge is 0.0177 e. The van der Waals surface area contributed by atoms with Gasteiger partial charge in [-0.1, -0.05) is 35.7 Å². The average molecular weight is 301 g/mol. The van der Waals surface area contributed by atoms with E-state index < -0.39 is 0 Å². The Bertz CT molecular complexity index is 294. The fourth-order valence-electron chi connectivity index (χ4n) is 2.92. The number of alkyl halides is 1. The van der Waals surface area contributed by atoms with Gasteiger partial charge in [-0.2, -0.15) is 11.3 Å². The van der Waals surface area contributed by atoms with Gasteiger partial charge in [0.25, 0.3) is 0 Å². The predicted octanol–water partition coefficient (Wildman–Crippen LogP) is 5.27. The zero-order valence-corrected chi connectivity index (χ0v) is 12.4. The van der Waals surface area contributed by atoms with E-state index in [0.717, 1.165) is 16.7 Å². The lowest BCUT2D eigenvalue weighted by atomic mass is 9.77. The maximum Gasteiger partial charge on any atom is 0.0177 e. The van der Waals surface area contributed by atoms with Crippen molar-refractivity contribution in [1.29, 1.82) is 0 Å². The molecule has 1 aromatic rings. The van der Waals surface area contributed by atoms with Crippen molar-refractivity contribution in [3.05, 3.63) is 22.4 Å². The van der Waals surface area contributed by atoms with E-state index in [2.05, 4.69) is 39.7 Å². The van der Waals surface area contributed by atoms with Crippen molar-refractivity contribution in [3.63, 3.8) is 0 Å². The van der Waals surface area contributed by atoms with Crippen LogP contribution in [-0.2, 0) is 6.42 Å². The maximum absolute atomic E-state index is 3.88. The fourth-order valence-corrected chi connectivity index (χ4v) is 4.27. The number of rotatable bonds is 4. The largest absolute Gasteiger partial charge is 0.152 e. The first kappa shape index (κ1) is 12.6. The van der Waals surface area contributed by atoms with Crippen LogP contribution in [0.25, 0.3) is 0 Å². The topological polar surface area (TPSA) is 0 Å². The van der Waals surface area contributed by atoms with Crippen molar-refractivity contribution in [2.24, 2.45) is 11.8 Å². The summed E-state index contributed by atoms with van der Waals surface area (Å²) in [6, 6.07) is 2.29. The summed E-state index contributed by atoms with van der Waals surface area (Å²) >= 11 is 5.71. The van der Waals surface area contributed by atoms with Crippen LogP contribution in [0.3, 0.4) is 0 Å². The lowest BCUT2D eigenvalue weighted by Crippen LogP contribution is -2.26. The molecule has 0 radical (unpaired) electrons. The third-order valence-corrected chi connectivity index (χ3v) is 5.71. The highest BCUT2D eigenvalue weighted by atomic mass is 79.9. The van der Waals surface area contributed by atoms with Crippen LogP contribution in [0.2, 0.25) is 0 Å². The Kier molecular flexibility index (Phi) is 4.90. The summed E-state index contributed by atoms with van der Waals surface area (Å²) in [5.74, 6) is 1.85. The third kappa shape index (κ3) is 3.33. The minimum Gasteiger partial charge on any atom is -0.152 e. The molecule has 1 saturated carbocycles. The molecule has 2 heteroatoms. The van der Waals surface area contributed by atoms with E-state index in [4.69, 9.17) is 0 Å². The van der Waals surface area contributed by atoms with Gasteiger partial charge >= 0.3 is 0 Å². The Labute approximate surface area is 112 Å². The van der Waals surface area contributed by atoms with Crippen LogP contribution in [0, 0.1) is 11.8 Å². The van der Waals surface area contributed by atoms with Gasteiger partial charge in [-0.15, -0.1) is 0 Å². The Morgan fingerprint density at radius 3 is 3.00 bits per heavy atom. The van der Waals surface area contributed by atoms with Crippen molar-refractivity contribution < 1.29 is 0 Å². The second-order valence-electron chi connectivity index (χ2n) is 5.08. The Hall–Kier alpha value is 0.180. The van der Waals surface area contributed by atoms with Crippen LogP contribution in [-0.4, -0.2) is 4.83 Å². The SMILES string of the molecule is CCCC1CCC(Br)C(Cc2ccsc2)C1. The molecule has 0 amide bonds. The number of thiophene rings is 1. The lowest BCUT2D eigenvalue weighted by molar-refractivity contribution is 0.263. The molecule has 0 bridgehead atoms. The molecule has 1 aromatic heterocycles. The number of hydrogen-bond donors (Lipinski definition) is 0.